The summed E-state index contributed by atoms with van der Waals surface area (Å²) in [7, 11) is 0. The molecule has 1 atom stereocenters. The van der Waals surface area contributed by atoms with E-state index in [-0.39, 0.29) is 11.3 Å². The molecule has 1 aromatic rings. The Kier molecular flexibility index (Phi) is 1.49. The highest BCUT2D eigenvalue weighted by Gasteiger charge is 2.44. The normalized spacial score (nSPS) is 29.3. The van der Waals surface area contributed by atoms with Crippen molar-refractivity contribution in [2.75, 3.05) is 6.54 Å². The standard InChI is InChI=1S/C12H13NO/c14-11-5-6-12(8-13-11)7-9-3-1-2-4-10(9)12/h1-4H,5-8H2,(H,13,14). The van der Waals surface area contributed by atoms with E-state index in [0.717, 1.165) is 19.4 Å². The van der Waals surface area contributed by atoms with Gasteiger partial charge in [0.1, 0.15) is 0 Å². The number of hydrogen-bond donors (Lipinski definition) is 1. The Morgan fingerprint density at radius 3 is 2.86 bits per heavy atom. The predicted octanol–water partition coefficient (Wildman–Crippen LogP) is 1.39. The van der Waals surface area contributed by atoms with E-state index in [1.807, 2.05) is 0 Å². The molecular weight excluding hydrogens is 174 g/mol. The number of benzene rings is 1. The van der Waals surface area contributed by atoms with E-state index in [9.17, 15) is 4.79 Å². The van der Waals surface area contributed by atoms with Crippen molar-refractivity contribution in [1.29, 1.82) is 0 Å². The Hall–Kier alpha value is -1.31. The summed E-state index contributed by atoms with van der Waals surface area (Å²) in [6, 6.07) is 8.58. The van der Waals surface area contributed by atoms with E-state index in [1.165, 1.54) is 11.1 Å². The molecule has 1 fully saturated rings. The highest BCUT2D eigenvalue weighted by molar-refractivity contribution is 5.77. The fraction of sp³-hybridized carbons (Fsp3) is 0.417. The first-order valence-corrected chi connectivity index (χ1v) is 5.15. The van der Waals surface area contributed by atoms with Crippen LogP contribution in [-0.4, -0.2) is 12.5 Å². The summed E-state index contributed by atoms with van der Waals surface area (Å²) in [5.74, 6) is 0.208. The number of carbonyl (C=O) groups is 1. The predicted molar refractivity (Wildman–Crippen MR) is 54.1 cm³/mol. The number of piperidine rings is 1. The smallest absolute Gasteiger partial charge is 0.220 e. The summed E-state index contributed by atoms with van der Waals surface area (Å²) in [5, 5.41) is 2.98. The number of fused-ring (bicyclic) bond motifs is 2. The maximum absolute atomic E-state index is 11.1. The largest absolute Gasteiger partial charge is 0.355 e. The highest BCUT2D eigenvalue weighted by Crippen LogP contribution is 2.45. The summed E-state index contributed by atoms with van der Waals surface area (Å²) < 4.78 is 0. The van der Waals surface area contributed by atoms with Crippen molar-refractivity contribution < 1.29 is 4.79 Å². The van der Waals surface area contributed by atoms with Gasteiger partial charge in [0.25, 0.3) is 0 Å². The van der Waals surface area contributed by atoms with Crippen LogP contribution < -0.4 is 5.32 Å². The van der Waals surface area contributed by atoms with Crippen molar-refractivity contribution in [3.05, 3.63) is 35.4 Å². The quantitative estimate of drug-likeness (QED) is 0.653. The third-order valence-corrected chi connectivity index (χ3v) is 3.57. The minimum Gasteiger partial charge on any atom is -0.355 e. The van der Waals surface area contributed by atoms with Gasteiger partial charge in [0.2, 0.25) is 5.91 Å². The average Bonchev–Trinajstić information content (AvgIpc) is 2.19. The van der Waals surface area contributed by atoms with Crippen molar-refractivity contribution >= 4 is 5.91 Å². The van der Waals surface area contributed by atoms with Gasteiger partial charge >= 0.3 is 0 Å². The van der Waals surface area contributed by atoms with Crippen LogP contribution in [0.1, 0.15) is 24.0 Å². The molecule has 1 saturated heterocycles. The maximum atomic E-state index is 11.1. The van der Waals surface area contributed by atoms with E-state index in [2.05, 4.69) is 29.6 Å². The van der Waals surface area contributed by atoms with E-state index < -0.39 is 0 Å². The van der Waals surface area contributed by atoms with Crippen molar-refractivity contribution in [1.82, 2.24) is 5.32 Å². The van der Waals surface area contributed by atoms with Crippen LogP contribution in [0.5, 0.6) is 0 Å². The molecular formula is C12H13NO. The summed E-state index contributed by atoms with van der Waals surface area (Å²) >= 11 is 0. The summed E-state index contributed by atoms with van der Waals surface area (Å²) in [4.78, 5) is 11.1. The summed E-state index contributed by atoms with van der Waals surface area (Å²) in [6.45, 7) is 0.836. The maximum Gasteiger partial charge on any atom is 0.220 e. The minimum atomic E-state index is 0.208. The lowest BCUT2D eigenvalue weighted by atomic mass is 9.60. The van der Waals surface area contributed by atoms with Crippen LogP contribution in [0.2, 0.25) is 0 Å². The van der Waals surface area contributed by atoms with E-state index in [1.54, 1.807) is 0 Å². The number of amides is 1. The number of rotatable bonds is 0. The third-order valence-electron chi connectivity index (χ3n) is 3.57. The fourth-order valence-electron chi connectivity index (χ4n) is 2.72. The van der Waals surface area contributed by atoms with Gasteiger partial charge in [0, 0.05) is 18.4 Å². The molecule has 1 amide bonds. The number of hydrogen-bond acceptors (Lipinski definition) is 1. The van der Waals surface area contributed by atoms with E-state index in [4.69, 9.17) is 0 Å². The van der Waals surface area contributed by atoms with Crippen LogP contribution in [0.15, 0.2) is 24.3 Å². The van der Waals surface area contributed by atoms with Gasteiger partial charge < -0.3 is 5.32 Å². The molecule has 1 aliphatic heterocycles. The molecule has 1 spiro atoms. The van der Waals surface area contributed by atoms with Gasteiger partial charge in [-0.1, -0.05) is 24.3 Å². The second-order valence-corrected chi connectivity index (χ2v) is 4.39. The van der Waals surface area contributed by atoms with Crippen molar-refractivity contribution in [2.45, 2.75) is 24.7 Å². The Bertz CT molecular complexity index is 387. The van der Waals surface area contributed by atoms with Crippen LogP contribution >= 0.6 is 0 Å². The second-order valence-electron chi connectivity index (χ2n) is 4.39. The molecule has 3 rings (SSSR count). The molecule has 1 aliphatic carbocycles. The lowest BCUT2D eigenvalue weighted by molar-refractivity contribution is -0.123. The van der Waals surface area contributed by atoms with Gasteiger partial charge in [-0.25, -0.2) is 0 Å². The highest BCUT2D eigenvalue weighted by atomic mass is 16.1. The van der Waals surface area contributed by atoms with Crippen LogP contribution in [0.25, 0.3) is 0 Å². The minimum absolute atomic E-state index is 0.208. The first-order chi connectivity index (χ1) is 6.80. The molecule has 0 bridgehead atoms. The zero-order chi connectivity index (χ0) is 9.60. The van der Waals surface area contributed by atoms with Crippen molar-refractivity contribution in [3.8, 4) is 0 Å². The molecule has 0 saturated carbocycles. The summed E-state index contributed by atoms with van der Waals surface area (Å²) in [5.41, 5.74) is 3.20. The molecule has 2 nitrogen and oxygen atoms in total. The molecule has 2 aliphatic rings. The Labute approximate surface area is 83.3 Å². The first-order valence-electron chi connectivity index (χ1n) is 5.15. The topological polar surface area (TPSA) is 29.1 Å². The Morgan fingerprint density at radius 1 is 1.29 bits per heavy atom. The fourth-order valence-corrected chi connectivity index (χ4v) is 2.72. The molecule has 1 aromatic carbocycles. The SMILES string of the molecule is O=C1CCC2(CN1)Cc1ccccc12. The van der Waals surface area contributed by atoms with Crippen molar-refractivity contribution in [3.63, 3.8) is 0 Å². The van der Waals surface area contributed by atoms with Crippen LogP contribution in [0, 0.1) is 0 Å². The second kappa shape index (κ2) is 2.59. The van der Waals surface area contributed by atoms with Gasteiger partial charge in [0.15, 0.2) is 0 Å². The molecule has 0 aromatic heterocycles. The first kappa shape index (κ1) is 8.04. The Balaban J connectivity index is 1.93. The molecule has 1 N–H and O–H groups in total. The molecule has 1 unspecified atom stereocenters. The van der Waals surface area contributed by atoms with E-state index in [0.29, 0.717) is 6.42 Å². The molecule has 14 heavy (non-hydrogen) atoms. The zero-order valence-corrected chi connectivity index (χ0v) is 8.05. The van der Waals surface area contributed by atoms with Crippen LogP contribution in [0.3, 0.4) is 0 Å². The van der Waals surface area contributed by atoms with Crippen LogP contribution in [0.4, 0.5) is 0 Å². The van der Waals surface area contributed by atoms with Gasteiger partial charge in [-0.15, -0.1) is 0 Å². The zero-order valence-electron chi connectivity index (χ0n) is 8.05. The van der Waals surface area contributed by atoms with E-state index >= 15 is 0 Å². The molecule has 1 heterocycles. The van der Waals surface area contributed by atoms with Gasteiger partial charge in [-0.05, 0) is 24.0 Å². The van der Waals surface area contributed by atoms with Gasteiger partial charge in [0.05, 0.1) is 0 Å². The average molecular weight is 187 g/mol. The Morgan fingerprint density at radius 2 is 2.14 bits per heavy atom. The lowest BCUT2D eigenvalue weighted by Gasteiger charge is -2.46. The number of carbonyl (C=O) groups excluding carboxylic acids is 1. The van der Waals surface area contributed by atoms with Gasteiger partial charge in [-0.2, -0.15) is 0 Å². The third kappa shape index (κ3) is 0.939. The van der Waals surface area contributed by atoms with Crippen LogP contribution in [-0.2, 0) is 16.6 Å². The molecule has 72 valence electrons. The van der Waals surface area contributed by atoms with Gasteiger partial charge in [-0.3, -0.25) is 4.79 Å². The molecule has 2 heteroatoms. The van der Waals surface area contributed by atoms with Crippen molar-refractivity contribution in [2.24, 2.45) is 0 Å². The summed E-state index contributed by atoms with van der Waals surface area (Å²) in [6.07, 6.45) is 2.85. The monoisotopic (exact) mass is 187 g/mol. The number of nitrogens with one attached hydrogen (secondary N) is 1. The molecule has 0 radical (unpaired) electrons. The lowest BCUT2D eigenvalue weighted by Crippen LogP contribution is -2.52.